The second-order valence-electron chi connectivity index (χ2n) is 7.58. The number of nitrogen functional groups attached to an aromatic ring is 1. The summed E-state index contributed by atoms with van der Waals surface area (Å²) in [5.74, 6) is 1.58. The van der Waals surface area contributed by atoms with Crippen molar-refractivity contribution in [3.63, 3.8) is 0 Å². The van der Waals surface area contributed by atoms with Crippen molar-refractivity contribution in [2.24, 2.45) is 10.7 Å². The SMILES string of the molecule is Cc1c(N)[nH]c2ccc(OCc3ccccc3)cc12.NC/N=C/N1CCCCCC1. The summed E-state index contributed by atoms with van der Waals surface area (Å²) in [6, 6.07) is 16.1. The van der Waals surface area contributed by atoms with Crippen molar-refractivity contribution >= 4 is 23.1 Å². The molecule has 5 N–H and O–H groups in total. The molecule has 2 heterocycles. The third-order valence-electron chi connectivity index (χ3n) is 5.31. The molecule has 1 aliphatic rings. The van der Waals surface area contributed by atoms with Gasteiger partial charge in [-0.1, -0.05) is 43.2 Å². The number of ether oxygens (including phenoxy) is 1. The highest BCUT2D eigenvalue weighted by Gasteiger charge is 2.06. The van der Waals surface area contributed by atoms with Crippen LogP contribution in [0.25, 0.3) is 10.9 Å². The molecule has 6 heteroatoms. The fourth-order valence-electron chi connectivity index (χ4n) is 3.53. The fourth-order valence-corrected chi connectivity index (χ4v) is 3.53. The Bertz CT molecular complexity index is 927. The van der Waals surface area contributed by atoms with E-state index in [9.17, 15) is 0 Å². The van der Waals surface area contributed by atoms with E-state index in [1.165, 1.54) is 25.7 Å². The van der Waals surface area contributed by atoms with Gasteiger partial charge in [-0.25, -0.2) is 0 Å². The van der Waals surface area contributed by atoms with Crippen molar-refractivity contribution in [1.29, 1.82) is 0 Å². The van der Waals surface area contributed by atoms with Gasteiger partial charge in [0.2, 0.25) is 0 Å². The summed E-state index contributed by atoms with van der Waals surface area (Å²) in [5.41, 5.74) is 14.4. The first kappa shape index (κ1) is 21.7. The van der Waals surface area contributed by atoms with Crippen LogP contribution in [0.5, 0.6) is 5.75 Å². The highest BCUT2D eigenvalue weighted by Crippen LogP contribution is 2.27. The Morgan fingerprint density at radius 3 is 2.50 bits per heavy atom. The first-order valence-corrected chi connectivity index (χ1v) is 10.7. The molecule has 6 nitrogen and oxygen atoms in total. The number of fused-ring (bicyclic) bond motifs is 1. The van der Waals surface area contributed by atoms with E-state index in [1.807, 2.05) is 49.7 Å². The Morgan fingerprint density at radius 2 is 1.80 bits per heavy atom. The average molecular weight is 408 g/mol. The molecule has 1 aromatic heterocycles. The van der Waals surface area contributed by atoms with Gasteiger partial charge in [0.05, 0.1) is 13.0 Å². The van der Waals surface area contributed by atoms with Crippen LogP contribution in [0.15, 0.2) is 53.5 Å². The van der Waals surface area contributed by atoms with E-state index in [-0.39, 0.29) is 0 Å². The second kappa shape index (κ2) is 11.3. The van der Waals surface area contributed by atoms with Crippen LogP contribution in [0, 0.1) is 6.92 Å². The topological polar surface area (TPSA) is 92.7 Å². The van der Waals surface area contributed by atoms with Gasteiger partial charge in [0.25, 0.3) is 0 Å². The molecule has 1 saturated heterocycles. The molecule has 1 aliphatic heterocycles. The zero-order chi connectivity index (χ0) is 21.2. The predicted octanol–water partition coefficient (Wildman–Crippen LogP) is 4.44. The number of H-pyrrole nitrogens is 1. The molecule has 0 aliphatic carbocycles. The van der Waals surface area contributed by atoms with Crippen LogP contribution in [-0.2, 0) is 6.61 Å². The molecule has 3 aromatic rings. The van der Waals surface area contributed by atoms with E-state index in [0.29, 0.717) is 13.3 Å². The lowest BCUT2D eigenvalue weighted by atomic mass is 10.2. The number of nitrogens with two attached hydrogens (primary N) is 2. The number of nitrogens with one attached hydrogen (secondary N) is 1. The van der Waals surface area contributed by atoms with Crippen LogP contribution in [0.1, 0.15) is 36.8 Å². The van der Waals surface area contributed by atoms with Gasteiger partial charge in [-0.2, -0.15) is 0 Å². The van der Waals surface area contributed by atoms with E-state index in [0.717, 1.165) is 46.7 Å². The molecule has 0 bridgehead atoms. The maximum atomic E-state index is 5.87. The number of likely N-dealkylation sites (tertiary alicyclic amines) is 1. The van der Waals surface area contributed by atoms with Gasteiger partial charge in [-0.3, -0.25) is 4.99 Å². The summed E-state index contributed by atoms with van der Waals surface area (Å²) >= 11 is 0. The molecule has 30 heavy (non-hydrogen) atoms. The number of aryl methyl sites for hydroxylation is 1. The number of benzene rings is 2. The summed E-state index contributed by atoms with van der Waals surface area (Å²) in [6.45, 7) is 5.31. The largest absolute Gasteiger partial charge is 0.489 e. The Morgan fingerprint density at radius 1 is 1.07 bits per heavy atom. The highest BCUT2D eigenvalue weighted by molar-refractivity contribution is 5.89. The van der Waals surface area contributed by atoms with Gasteiger partial charge < -0.3 is 26.1 Å². The predicted molar refractivity (Wildman–Crippen MR) is 126 cm³/mol. The smallest absolute Gasteiger partial charge is 0.120 e. The molecule has 4 rings (SSSR count). The fraction of sp³-hybridized carbons (Fsp3) is 0.375. The van der Waals surface area contributed by atoms with Gasteiger partial charge >= 0.3 is 0 Å². The van der Waals surface area contributed by atoms with E-state index in [1.54, 1.807) is 0 Å². The first-order valence-electron chi connectivity index (χ1n) is 10.7. The van der Waals surface area contributed by atoms with Gasteiger partial charge in [-0.15, -0.1) is 0 Å². The Kier molecular flexibility index (Phi) is 8.15. The molecule has 0 spiro atoms. The number of hydrogen-bond donors (Lipinski definition) is 3. The molecule has 0 radical (unpaired) electrons. The second-order valence-corrected chi connectivity index (χ2v) is 7.58. The third kappa shape index (κ3) is 6.26. The van der Waals surface area contributed by atoms with Crippen LogP contribution >= 0.6 is 0 Å². The molecule has 0 unspecified atom stereocenters. The molecule has 1 fully saturated rings. The minimum absolute atomic E-state index is 0.413. The van der Waals surface area contributed by atoms with Gasteiger partial charge in [0.15, 0.2) is 0 Å². The number of aliphatic imine (C=N–C) groups is 1. The normalized spacial score (nSPS) is 14.4. The average Bonchev–Trinajstić information content (AvgIpc) is 2.94. The van der Waals surface area contributed by atoms with Gasteiger partial charge in [0.1, 0.15) is 18.2 Å². The van der Waals surface area contributed by atoms with Crippen molar-refractivity contribution in [2.75, 3.05) is 25.5 Å². The summed E-state index contributed by atoms with van der Waals surface area (Å²) in [4.78, 5) is 9.43. The molecule has 160 valence electrons. The van der Waals surface area contributed by atoms with Crippen LogP contribution in [0.2, 0.25) is 0 Å². The molecule has 2 aromatic carbocycles. The minimum atomic E-state index is 0.413. The Hall–Kier alpha value is -2.99. The lowest BCUT2D eigenvalue weighted by Gasteiger charge is -2.15. The summed E-state index contributed by atoms with van der Waals surface area (Å²) < 4.78 is 5.81. The lowest BCUT2D eigenvalue weighted by molar-refractivity contribution is 0.306. The van der Waals surface area contributed by atoms with Crippen LogP contribution < -0.4 is 16.2 Å². The summed E-state index contributed by atoms with van der Waals surface area (Å²) in [6.07, 6.45) is 7.23. The number of aromatic amines is 1. The monoisotopic (exact) mass is 407 g/mol. The van der Waals surface area contributed by atoms with E-state index < -0.39 is 0 Å². The number of hydrogen-bond acceptors (Lipinski definition) is 4. The van der Waals surface area contributed by atoms with Crippen molar-refractivity contribution in [2.45, 2.75) is 39.2 Å². The third-order valence-corrected chi connectivity index (χ3v) is 5.31. The quantitative estimate of drug-likeness (QED) is 0.430. The highest BCUT2D eigenvalue weighted by atomic mass is 16.5. The molecule has 0 saturated carbocycles. The molecular weight excluding hydrogens is 374 g/mol. The van der Waals surface area contributed by atoms with Gasteiger partial charge in [0, 0.05) is 24.0 Å². The van der Waals surface area contributed by atoms with Crippen molar-refractivity contribution in [1.82, 2.24) is 9.88 Å². The summed E-state index contributed by atoms with van der Waals surface area (Å²) in [5, 5.41) is 1.11. The zero-order valence-corrected chi connectivity index (χ0v) is 17.8. The van der Waals surface area contributed by atoms with Crippen LogP contribution in [0.3, 0.4) is 0 Å². The Balaban J connectivity index is 0.000000199. The lowest BCUT2D eigenvalue weighted by Crippen LogP contribution is -2.23. The maximum Gasteiger partial charge on any atom is 0.120 e. The van der Waals surface area contributed by atoms with E-state index in [4.69, 9.17) is 16.2 Å². The van der Waals surface area contributed by atoms with E-state index in [2.05, 4.69) is 27.0 Å². The number of anilines is 1. The number of rotatable bonds is 5. The Labute approximate surface area is 178 Å². The van der Waals surface area contributed by atoms with Crippen molar-refractivity contribution < 1.29 is 4.74 Å². The first-order chi connectivity index (χ1) is 14.7. The summed E-state index contributed by atoms with van der Waals surface area (Å²) in [7, 11) is 0. The molecule has 0 atom stereocenters. The van der Waals surface area contributed by atoms with Crippen LogP contribution in [0.4, 0.5) is 5.82 Å². The molecular formula is C24H33N5O. The van der Waals surface area contributed by atoms with E-state index >= 15 is 0 Å². The number of nitrogens with zero attached hydrogens (tertiary/aromatic N) is 2. The van der Waals surface area contributed by atoms with Crippen molar-refractivity contribution in [3.05, 3.63) is 59.7 Å². The van der Waals surface area contributed by atoms with Crippen molar-refractivity contribution in [3.8, 4) is 5.75 Å². The van der Waals surface area contributed by atoms with Crippen LogP contribution in [-0.4, -0.2) is 36.0 Å². The standard InChI is InChI=1S/C16H16N2O.C8H17N3/c1-11-14-9-13(7-8-15(14)18-16(11)17)19-10-12-5-3-2-4-6-12;9-7-10-8-11-5-3-1-2-4-6-11/h2-9,18H,10,17H2,1H3;8H,1-7,9H2/b;10-8+. The maximum absolute atomic E-state index is 5.87. The number of aromatic nitrogens is 1. The molecule has 0 amide bonds. The van der Waals surface area contributed by atoms with Gasteiger partial charge in [-0.05, 0) is 49.1 Å². The minimum Gasteiger partial charge on any atom is -0.489 e. The zero-order valence-electron chi connectivity index (χ0n) is 17.8.